The summed E-state index contributed by atoms with van der Waals surface area (Å²) in [7, 11) is -3.89. The van der Waals surface area contributed by atoms with Crippen molar-refractivity contribution in [2.75, 3.05) is 13.2 Å². The number of ether oxygens (including phenoxy) is 3. The van der Waals surface area contributed by atoms with Crippen LogP contribution >= 0.6 is 0 Å². The zero-order valence-electron chi connectivity index (χ0n) is 32.3. The summed E-state index contributed by atoms with van der Waals surface area (Å²) in [5, 5.41) is 6.77. The first-order valence-corrected chi connectivity index (χ1v) is 21.9. The number of nitrogens with zero attached hydrogens (tertiary/aromatic N) is 2. The standard InChI is InChI=1S/C41H53N5O9S/c1-4-53-29-9-12-33-25(17-29)13-14-42-37(33)54-31-20-34-36(47)44-41(39(49)45-56(51,52)32-10-11-32)21-28(41)8-6-5-7-23(2)15-24(3)35(38(48)46(34)22-31)43-40(50)55-30-18-26-16-27(26)19-30/h6,8-9,12-14,17,23-24,26-28,30-32,34-35H,4-5,7,10-11,15-16,18-22H2,1-3H3,(H,43,50)(H,44,47)(H,45,49)/b8-6-/t23-,24+,26-,27+,28+,30+,31+,34-,35-,41+/m0/s1. The van der Waals surface area contributed by atoms with Crippen molar-refractivity contribution in [3.8, 4) is 11.6 Å². The number of hydrogen-bond acceptors (Lipinski definition) is 10. The lowest BCUT2D eigenvalue weighted by atomic mass is 9.88. The first-order chi connectivity index (χ1) is 26.8. The number of sulfonamides is 1. The Morgan fingerprint density at radius 1 is 1.02 bits per heavy atom. The highest BCUT2D eigenvalue weighted by atomic mass is 32.2. The van der Waals surface area contributed by atoms with E-state index < -0.39 is 68.7 Å². The molecule has 0 bridgehead atoms. The first kappa shape index (κ1) is 38.5. The quantitative estimate of drug-likeness (QED) is 0.309. The van der Waals surface area contributed by atoms with E-state index in [2.05, 4.69) is 27.3 Å². The maximum atomic E-state index is 14.9. The zero-order chi connectivity index (χ0) is 39.4. The van der Waals surface area contributed by atoms with Crippen molar-refractivity contribution in [3.63, 3.8) is 0 Å². The second kappa shape index (κ2) is 15.2. The highest BCUT2D eigenvalue weighted by molar-refractivity contribution is 7.91. The van der Waals surface area contributed by atoms with E-state index in [-0.39, 0.29) is 37.3 Å². The van der Waals surface area contributed by atoms with Gasteiger partial charge in [-0.15, -0.1) is 0 Å². The fourth-order valence-corrected chi connectivity index (χ4v) is 10.6. The summed E-state index contributed by atoms with van der Waals surface area (Å²) in [6.07, 6.45) is 10.2. The smallest absolute Gasteiger partial charge is 0.408 e. The van der Waals surface area contributed by atoms with Crippen molar-refractivity contribution in [3.05, 3.63) is 42.6 Å². The third-order valence-electron chi connectivity index (χ3n) is 12.7. The summed E-state index contributed by atoms with van der Waals surface area (Å²) >= 11 is 0. The fraction of sp³-hybridized carbons (Fsp3) is 0.634. The molecule has 302 valence electrons. The van der Waals surface area contributed by atoms with Gasteiger partial charge in [-0.3, -0.25) is 19.1 Å². The Balaban J connectivity index is 1.09. The highest BCUT2D eigenvalue weighted by Crippen LogP contribution is 2.52. The molecule has 2 aliphatic heterocycles. The van der Waals surface area contributed by atoms with E-state index >= 15 is 0 Å². The Bertz CT molecular complexity index is 2010. The van der Waals surface area contributed by atoms with Gasteiger partial charge in [-0.1, -0.05) is 26.0 Å². The van der Waals surface area contributed by atoms with Gasteiger partial charge in [0, 0.05) is 23.9 Å². The topological polar surface area (TPSA) is 182 Å². The van der Waals surface area contributed by atoms with Crippen LogP contribution in [0.5, 0.6) is 11.6 Å². The average Bonchev–Trinajstić information content (AvgIpc) is 4.11. The summed E-state index contributed by atoms with van der Waals surface area (Å²) in [6, 6.07) is 5.33. The van der Waals surface area contributed by atoms with Gasteiger partial charge in [0.2, 0.25) is 27.7 Å². The number of aromatic nitrogens is 1. The number of nitrogens with one attached hydrogen (secondary N) is 3. The number of fused-ring (bicyclic) bond motifs is 4. The van der Waals surface area contributed by atoms with E-state index in [0.29, 0.717) is 55.8 Å². The molecule has 0 unspecified atom stereocenters. The van der Waals surface area contributed by atoms with Crippen LogP contribution in [0.25, 0.3) is 10.8 Å². The lowest BCUT2D eigenvalue weighted by molar-refractivity contribution is -0.142. The van der Waals surface area contributed by atoms with Gasteiger partial charge in [-0.25, -0.2) is 18.2 Å². The van der Waals surface area contributed by atoms with Gasteiger partial charge in [0.1, 0.15) is 35.6 Å². The van der Waals surface area contributed by atoms with Crippen LogP contribution in [0.3, 0.4) is 0 Å². The summed E-state index contributed by atoms with van der Waals surface area (Å²) in [4.78, 5) is 62.6. The van der Waals surface area contributed by atoms with Crippen LogP contribution in [0, 0.1) is 29.6 Å². The SMILES string of the molecule is CCOc1ccc2c(O[C@@H]3C[C@H]4C(=O)N[C@]5(C(=O)NS(=O)(=O)C6CC6)C[C@H]5/C=C\CC[C@H](C)C[C@@H](C)[C@H](NC(=O)O[C@@H]5C[C@@H]6C[C@@H]6C5)C(=O)N4C3)nccc2c1. The van der Waals surface area contributed by atoms with Gasteiger partial charge in [0.25, 0.3) is 5.91 Å². The number of alkyl carbamates (subject to hydrolysis) is 1. The molecule has 1 aromatic heterocycles. The number of hydrogen-bond donors (Lipinski definition) is 3. The predicted molar refractivity (Wildman–Crippen MR) is 206 cm³/mol. The second-order valence-corrected chi connectivity index (χ2v) is 19.0. The number of amides is 4. The normalized spacial score (nSPS) is 34.8. The number of pyridine rings is 1. The Kier molecular flexibility index (Phi) is 10.4. The molecule has 15 heteroatoms. The molecule has 3 heterocycles. The lowest BCUT2D eigenvalue weighted by Crippen LogP contribution is -2.59. The maximum absolute atomic E-state index is 14.9. The second-order valence-electron chi connectivity index (χ2n) is 17.1. The lowest BCUT2D eigenvalue weighted by Gasteiger charge is -2.33. The maximum Gasteiger partial charge on any atom is 0.408 e. The summed E-state index contributed by atoms with van der Waals surface area (Å²) in [6.45, 7) is 6.46. The number of carbonyl (C=O) groups is 4. The van der Waals surface area contributed by atoms with Crippen LogP contribution in [0.4, 0.5) is 4.79 Å². The fourth-order valence-electron chi connectivity index (χ4n) is 9.20. The van der Waals surface area contributed by atoms with Gasteiger partial charge in [-0.05, 0) is 118 Å². The largest absolute Gasteiger partial charge is 0.494 e. The van der Waals surface area contributed by atoms with E-state index in [1.54, 1.807) is 6.20 Å². The van der Waals surface area contributed by atoms with E-state index in [9.17, 15) is 27.6 Å². The van der Waals surface area contributed by atoms with Gasteiger partial charge in [-0.2, -0.15) is 0 Å². The highest BCUT2D eigenvalue weighted by Gasteiger charge is 2.62. The van der Waals surface area contributed by atoms with Gasteiger partial charge >= 0.3 is 6.09 Å². The molecule has 10 atom stereocenters. The summed E-state index contributed by atoms with van der Waals surface area (Å²) < 4.78 is 46.1. The minimum atomic E-state index is -3.89. The van der Waals surface area contributed by atoms with Crippen molar-refractivity contribution in [2.24, 2.45) is 29.6 Å². The van der Waals surface area contributed by atoms with Crippen LogP contribution in [-0.4, -0.2) is 90.3 Å². The number of allylic oxidation sites excluding steroid dienone is 1. The molecule has 0 radical (unpaired) electrons. The van der Waals surface area contributed by atoms with Crippen molar-refractivity contribution < 1.29 is 41.8 Å². The molecule has 3 N–H and O–H groups in total. The minimum Gasteiger partial charge on any atom is -0.494 e. The van der Waals surface area contributed by atoms with E-state index in [1.807, 2.05) is 50.3 Å². The predicted octanol–water partition coefficient (Wildman–Crippen LogP) is 4.37. The van der Waals surface area contributed by atoms with E-state index in [4.69, 9.17) is 14.2 Å². The van der Waals surface area contributed by atoms with Crippen LogP contribution in [-0.2, 0) is 29.1 Å². The minimum absolute atomic E-state index is 0.00604. The van der Waals surface area contributed by atoms with Crippen molar-refractivity contribution in [2.45, 2.75) is 120 Å². The molecule has 4 aliphatic carbocycles. The van der Waals surface area contributed by atoms with Crippen molar-refractivity contribution in [1.29, 1.82) is 0 Å². The van der Waals surface area contributed by atoms with E-state index in [1.165, 1.54) is 11.3 Å². The van der Waals surface area contributed by atoms with Crippen LogP contribution in [0.1, 0.15) is 85.0 Å². The molecule has 2 aromatic rings. The molecule has 1 saturated heterocycles. The molecule has 56 heavy (non-hydrogen) atoms. The van der Waals surface area contributed by atoms with Crippen molar-refractivity contribution in [1.82, 2.24) is 25.2 Å². The van der Waals surface area contributed by atoms with Crippen LogP contribution < -0.4 is 24.8 Å². The summed E-state index contributed by atoms with van der Waals surface area (Å²) in [5.41, 5.74) is -1.50. The zero-order valence-corrected chi connectivity index (χ0v) is 33.1. The van der Waals surface area contributed by atoms with Crippen LogP contribution in [0.15, 0.2) is 42.6 Å². The molecule has 1 aromatic carbocycles. The number of benzene rings is 1. The first-order valence-electron chi connectivity index (χ1n) is 20.3. The Morgan fingerprint density at radius 3 is 2.55 bits per heavy atom. The summed E-state index contributed by atoms with van der Waals surface area (Å²) in [5.74, 6) is -0.146. The molecule has 5 fully saturated rings. The Labute approximate surface area is 327 Å². The van der Waals surface area contributed by atoms with Gasteiger partial charge < -0.3 is 29.7 Å². The molecular formula is C41H53N5O9S. The monoisotopic (exact) mass is 791 g/mol. The number of carbonyl (C=O) groups excluding carboxylic acids is 4. The molecule has 8 rings (SSSR count). The molecule has 6 aliphatic rings. The third kappa shape index (κ3) is 8.05. The van der Waals surface area contributed by atoms with Crippen LogP contribution in [0.2, 0.25) is 0 Å². The Hall–Kier alpha value is -4.40. The molecule has 14 nitrogen and oxygen atoms in total. The molecule has 0 spiro atoms. The molecular weight excluding hydrogens is 739 g/mol. The number of rotatable bonds is 9. The van der Waals surface area contributed by atoms with Gasteiger partial charge in [0.05, 0.1) is 18.4 Å². The Morgan fingerprint density at radius 2 is 1.80 bits per heavy atom. The third-order valence-corrected chi connectivity index (χ3v) is 14.5. The van der Waals surface area contributed by atoms with E-state index in [0.717, 1.165) is 30.0 Å². The molecule has 4 amide bonds. The average molecular weight is 792 g/mol. The van der Waals surface area contributed by atoms with Gasteiger partial charge in [0.15, 0.2) is 0 Å². The molecule has 4 saturated carbocycles. The van der Waals surface area contributed by atoms with Crippen molar-refractivity contribution >= 4 is 44.6 Å².